The summed E-state index contributed by atoms with van der Waals surface area (Å²) in [6.45, 7) is -0.311. The minimum atomic E-state index is -1.20. The molecule has 0 heterocycles. The fourth-order valence-corrected chi connectivity index (χ4v) is 5.81. The molecular formula is C14H23FO2S. The summed E-state index contributed by atoms with van der Waals surface area (Å²) >= 11 is -1.20. The molecule has 0 spiro atoms. The zero-order valence-corrected chi connectivity index (χ0v) is 11.7. The summed E-state index contributed by atoms with van der Waals surface area (Å²) in [6.07, 6.45) is 8.66. The molecule has 4 rings (SSSR count). The summed E-state index contributed by atoms with van der Waals surface area (Å²) in [5.41, 5.74) is -0.0741. The lowest BCUT2D eigenvalue weighted by molar-refractivity contribution is -0.101. The molecule has 1 atom stereocenters. The van der Waals surface area contributed by atoms with Crippen LogP contribution >= 0.6 is 0 Å². The van der Waals surface area contributed by atoms with Gasteiger partial charge in [-0.25, -0.2) is 4.21 Å². The molecule has 4 fully saturated rings. The van der Waals surface area contributed by atoms with Crippen LogP contribution in [0.5, 0.6) is 0 Å². The minimum Gasteiger partial charge on any atom is -0.284 e. The zero-order chi connectivity index (χ0) is 12.6. The molecule has 104 valence electrons. The maximum absolute atomic E-state index is 12.0. The Bertz CT molecular complexity index is 296. The van der Waals surface area contributed by atoms with E-state index in [0.717, 1.165) is 37.0 Å². The topological polar surface area (TPSA) is 26.3 Å². The van der Waals surface area contributed by atoms with Gasteiger partial charge in [0.2, 0.25) is 0 Å². The van der Waals surface area contributed by atoms with E-state index >= 15 is 0 Å². The van der Waals surface area contributed by atoms with Crippen LogP contribution in [-0.2, 0) is 15.3 Å². The molecule has 1 unspecified atom stereocenters. The third-order valence-corrected chi connectivity index (χ3v) is 6.11. The second kappa shape index (κ2) is 5.20. The molecule has 4 saturated carbocycles. The van der Waals surface area contributed by atoms with Crippen LogP contribution in [0.25, 0.3) is 0 Å². The van der Waals surface area contributed by atoms with Crippen molar-refractivity contribution in [1.29, 1.82) is 0 Å². The van der Waals surface area contributed by atoms with Gasteiger partial charge in [-0.15, -0.1) is 0 Å². The van der Waals surface area contributed by atoms with E-state index in [1.54, 1.807) is 0 Å². The van der Waals surface area contributed by atoms with E-state index in [2.05, 4.69) is 0 Å². The molecule has 4 heteroatoms. The van der Waals surface area contributed by atoms with E-state index in [-0.39, 0.29) is 12.3 Å². The number of alkyl halides is 1. The molecule has 0 saturated heterocycles. The van der Waals surface area contributed by atoms with Crippen LogP contribution in [-0.4, -0.2) is 22.2 Å². The fourth-order valence-electron chi connectivity index (χ4n) is 4.69. The molecule has 18 heavy (non-hydrogen) atoms. The highest BCUT2D eigenvalue weighted by molar-refractivity contribution is 7.80. The number of hydrogen-bond acceptors (Lipinski definition) is 2. The standard InChI is InChI=1S/C14H23FO2S/c15-3-1-2-4-18(16)17-14-8-11-5-12(9-14)7-13(6-11)10-14/h11-13H,1-10H2. The second-order valence-corrected chi connectivity index (χ2v) is 7.77. The van der Waals surface area contributed by atoms with E-state index in [9.17, 15) is 8.60 Å². The third-order valence-electron chi connectivity index (χ3n) is 4.95. The quantitative estimate of drug-likeness (QED) is 0.694. The molecule has 0 amide bonds. The van der Waals surface area contributed by atoms with Crippen LogP contribution in [0.1, 0.15) is 51.4 Å². The van der Waals surface area contributed by atoms with Gasteiger partial charge in [0.15, 0.2) is 11.1 Å². The molecule has 0 N–H and O–H groups in total. The fraction of sp³-hybridized carbons (Fsp3) is 1.00. The second-order valence-electron chi connectivity index (χ2n) is 6.59. The molecular weight excluding hydrogens is 251 g/mol. The lowest BCUT2D eigenvalue weighted by atomic mass is 9.54. The Morgan fingerprint density at radius 2 is 1.61 bits per heavy atom. The van der Waals surface area contributed by atoms with Gasteiger partial charge in [-0.05, 0) is 69.1 Å². The zero-order valence-electron chi connectivity index (χ0n) is 10.9. The maximum Gasteiger partial charge on any atom is 0.155 e. The first kappa shape index (κ1) is 13.0. The van der Waals surface area contributed by atoms with Gasteiger partial charge >= 0.3 is 0 Å². The Hall–Kier alpha value is 0.0400. The van der Waals surface area contributed by atoms with E-state index in [1.807, 2.05) is 0 Å². The van der Waals surface area contributed by atoms with E-state index < -0.39 is 11.1 Å². The Morgan fingerprint density at radius 1 is 1.06 bits per heavy atom. The van der Waals surface area contributed by atoms with Crippen LogP contribution in [0.2, 0.25) is 0 Å². The maximum atomic E-state index is 12.0. The van der Waals surface area contributed by atoms with Gasteiger partial charge in [0.1, 0.15) is 0 Å². The van der Waals surface area contributed by atoms with Crippen LogP contribution in [0.3, 0.4) is 0 Å². The van der Waals surface area contributed by atoms with Crippen molar-refractivity contribution in [3.8, 4) is 0 Å². The van der Waals surface area contributed by atoms with Crippen molar-refractivity contribution in [3.05, 3.63) is 0 Å². The monoisotopic (exact) mass is 274 g/mol. The van der Waals surface area contributed by atoms with Crippen LogP contribution in [0, 0.1) is 17.8 Å². The molecule has 0 aliphatic heterocycles. The molecule has 0 aromatic heterocycles. The van der Waals surface area contributed by atoms with Crippen LogP contribution in [0.4, 0.5) is 4.39 Å². The van der Waals surface area contributed by atoms with Crippen LogP contribution < -0.4 is 0 Å². The molecule has 4 bridgehead atoms. The van der Waals surface area contributed by atoms with Gasteiger partial charge in [0, 0.05) is 5.75 Å². The lowest BCUT2D eigenvalue weighted by Gasteiger charge is -2.55. The number of hydrogen-bond donors (Lipinski definition) is 0. The molecule has 2 nitrogen and oxygen atoms in total. The average molecular weight is 274 g/mol. The SMILES string of the molecule is O=S(CCCCF)OC12CC3CC(CC(C3)C1)C2. The van der Waals surface area contributed by atoms with Gasteiger partial charge in [0.25, 0.3) is 0 Å². The first-order chi connectivity index (χ1) is 8.69. The Balaban J connectivity index is 1.57. The van der Waals surface area contributed by atoms with Crippen LogP contribution in [0.15, 0.2) is 0 Å². The highest BCUT2D eigenvalue weighted by Crippen LogP contribution is 2.57. The highest BCUT2D eigenvalue weighted by Gasteiger charge is 2.52. The van der Waals surface area contributed by atoms with Crippen molar-refractivity contribution in [3.63, 3.8) is 0 Å². The molecule has 0 radical (unpaired) electrons. The summed E-state index contributed by atoms with van der Waals surface area (Å²) in [4.78, 5) is 0. The van der Waals surface area contributed by atoms with E-state index in [0.29, 0.717) is 18.6 Å². The molecule has 0 aromatic carbocycles. The summed E-state index contributed by atoms with van der Waals surface area (Å²) in [5.74, 6) is 2.96. The number of unbranched alkanes of at least 4 members (excludes halogenated alkanes) is 1. The van der Waals surface area contributed by atoms with Gasteiger partial charge in [-0.1, -0.05) is 0 Å². The summed E-state index contributed by atoms with van der Waals surface area (Å²) in [7, 11) is 0. The Labute approximate surface area is 111 Å². The minimum absolute atomic E-state index is 0.0741. The van der Waals surface area contributed by atoms with Crippen molar-refractivity contribution < 1.29 is 12.8 Å². The van der Waals surface area contributed by atoms with E-state index in [1.165, 1.54) is 19.3 Å². The predicted octanol–water partition coefficient (Wildman–Crippen LogP) is 3.39. The lowest BCUT2D eigenvalue weighted by Crippen LogP contribution is -2.52. The smallest absolute Gasteiger partial charge is 0.155 e. The summed E-state index contributed by atoms with van der Waals surface area (Å²) in [5, 5.41) is 0. The predicted molar refractivity (Wildman–Crippen MR) is 70.2 cm³/mol. The number of rotatable bonds is 6. The van der Waals surface area contributed by atoms with Gasteiger partial charge in [0.05, 0.1) is 12.3 Å². The molecule has 0 aromatic rings. The van der Waals surface area contributed by atoms with Gasteiger partial charge in [-0.2, -0.15) is 0 Å². The van der Waals surface area contributed by atoms with Crippen molar-refractivity contribution >= 4 is 11.1 Å². The third kappa shape index (κ3) is 2.64. The summed E-state index contributed by atoms with van der Waals surface area (Å²) < 4.78 is 29.9. The van der Waals surface area contributed by atoms with Crippen molar-refractivity contribution in [2.24, 2.45) is 17.8 Å². The summed E-state index contributed by atoms with van der Waals surface area (Å²) in [6, 6.07) is 0. The van der Waals surface area contributed by atoms with Crippen molar-refractivity contribution in [2.75, 3.05) is 12.4 Å². The first-order valence-electron chi connectivity index (χ1n) is 7.33. The van der Waals surface area contributed by atoms with Crippen molar-refractivity contribution in [1.82, 2.24) is 0 Å². The van der Waals surface area contributed by atoms with Gasteiger partial charge in [-0.3, -0.25) is 8.57 Å². The van der Waals surface area contributed by atoms with E-state index in [4.69, 9.17) is 4.18 Å². The first-order valence-corrected chi connectivity index (χ1v) is 8.57. The normalized spacial score (nSPS) is 43.3. The average Bonchev–Trinajstić information content (AvgIpc) is 2.26. The molecule has 4 aliphatic rings. The number of halogens is 1. The Morgan fingerprint density at radius 3 is 2.11 bits per heavy atom. The van der Waals surface area contributed by atoms with Gasteiger partial charge < -0.3 is 0 Å². The van der Waals surface area contributed by atoms with Crippen molar-refractivity contribution in [2.45, 2.75) is 57.0 Å². The Kier molecular flexibility index (Phi) is 3.77. The molecule has 4 aliphatic carbocycles. The largest absolute Gasteiger partial charge is 0.284 e. The highest BCUT2D eigenvalue weighted by atomic mass is 32.2.